The largest absolute Gasteiger partial charge is 0.324 e. The normalized spacial score (nSPS) is 10.5. The Hall–Kier alpha value is -1.74. The molecule has 0 spiro atoms. The Morgan fingerprint density at radius 3 is 2.41 bits per heavy atom. The molecule has 0 amide bonds. The van der Waals surface area contributed by atoms with Crippen molar-refractivity contribution in [2.75, 3.05) is 0 Å². The zero-order valence-electron chi connectivity index (χ0n) is 10.3. The van der Waals surface area contributed by atoms with Crippen molar-refractivity contribution in [1.82, 2.24) is 9.97 Å². The van der Waals surface area contributed by atoms with E-state index in [1.807, 2.05) is 13.0 Å². The van der Waals surface area contributed by atoms with E-state index in [9.17, 15) is 0 Å². The average molecular weight is 227 g/mol. The van der Waals surface area contributed by atoms with E-state index in [1.165, 1.54) is 5.56 Å². The zero-order chi connectivity index (χ0) is 12.3. The highest BCUT2D eigenvalue weighted by molar-refractivity contribution is 5.59. The molecule has 1 heterocycles. The van der Waals surface area contributed by atoms with Gasteiger partial charge in [-0.2, -0.15) is 0 Å². The quantitative estimate of drug-likeness (QED) is 0.876. The number of benzene rings is 1. The van der Waals surface area contributed by atoms with E-state index in [0.717, 1.165) is 23.4 Å². The number of nitrogens with zero attached hydrogens (tertiary/aromatic N) is 2. The first-order chi connectivity index (χ1) is 8.22. The second-order valence-corrected chi connectivity index (χ2v) is 4.07. The molecule has 2 rings (SSSR count). The molecule has 0 radical (unpaired) electrons. The third kappa shape index (κ3) is 2.68. The maximum atomic E-state index is 5.59. The van der Waals surface area contributed by atoms with E-state index in [4.69, 9.17) is 5.73 Å². The van der Waals surface area contributed by atoms with Crippen molar-refractivity contribution in [3.63, 3.8) is 0 Å². The van der Waals surface area contributed by atoms with Gasteiger partial charge in [0.1, 0.15) is 5.82 Å². The fourth-order valence-corrected chi connectivity index (χ4v) is 1.78. The molecule has 0 aliphatic carbocycles. The van der Waals surface area contributed by atoms with Crippen molar-refractivity contribution >= 4 is 0 Å². The van der Waals surface area contributed by atoms with Crippen LogP contribution in [0.25, 0.3) is 11.3 Å². The molecule has 0 aliphatic rings. The topological polar surface area (TPSA) is 51.8 Å². The van der Waals surface area contributed by atoms with Crippen LogP contribution < -0.4 is 5.73 Å². The van der Waals surface area contributed by atoms with Gasteiger partial charge in [0, 0.05) is 11.3 Å². The molecule has 2 N–H and O–H groups in total. The highest BCUT2D eigenvalue weighted by atomic mass is 14.9. The van der Waals surface area contributed by atoms with Gasteiger partial charge in [0.05, 0.1) is 12.2 Å². The van der Waals surface area contributed by atoms with Gasteiger partial charge in [-0.3, -0.25) is 0 Å². The Bertz CT molecular complexity index is 503. The van der Waals surface area contributed by atoms with Crippen molar-refractivity contribution in [2.45, 2.75) is 26.8 Å². The number of aromatic nitrogens is 2. The monoisotopic (exact) mass is 227 g/mol. The van der Waals surface area contributed by atoms with Crippen LogP contribution in [0.3, 0.4) is 0 Å². The molecule has 2 aromatic rings. The third-order valence-electron chi connectivity index (χ3n) is 2.74. The van der Waals surface area contributed by atoms with Gasteiger partial charge in [0.25, 0.3) is 0 Å². The highest BCUT2D eigenvalue weighted by Crippen LogP contribution is 2.18. The summed E-state index contributed by atoms with van der Waals surface area (Å²) in [6.07, 6.45) is 1.05. The van der Waals surface area contributed by atoms with Gasteiger partial charge < -0.3 is 5.73 Å². The lowest BCUT2D eigenvalue weighted by Gasteiger charge is -2.05. The third-order valence-corrected chi connectivity index (χ3v) is 2.74. The molecule has 3 nitrogen and oxygen atoms in total. The first-order valence-corrected chi connectivity index (χ1v) is 5.87. The second-order valence-electron chi connectivity index (χ2n) is 4.07. The minimum absolute atomic E-state index is 0.377. The van der Waals surface area contributed by atoms with Crippen molar-refractivity contribution in [2.24, 2.45) is 5.73 Å². The fourth-order valence-electron chi connectivity index (χ4n) is 1.78. The van der Waals surface area contributed by atoms with Gasteiger partial charge in [-0.25, -0.2) is 9.97 Å². The Balaban J connectivity index is 2.41. The molecule has 17 heavy (non-hydrogen) atoms. The lowest BCUT2D eigenvalue weighted by atomic mass is 10.1. The summed E-state index contributed by atoms with van der Waals surface area (Å²) < 4.78 is 0. The van der Waals surface area contributed by atoms with Crippen LogP contribution in [0.5, 0.6) is 0 Å². The van der Waals surface area contributed by atoms with Crippen molar-refractivity contribution in [3.05, 3.63) is 47.4 Å². The maximum absolute atomic E-state index is 5.59. The minimum Gasteiger partial charge on any atom is -0.324 e. The Morgan fingerprint density at radius 1 is 1.12 bits per heavy atom. The van der Waals surface area contributed by atoms with Crippen LogP contribution in [0.2, 0.25) is 0 Å². The average Bonchev–Trinajstić information content (AvgIpc) is 2.38. The van der Waals surface area contributed by atoms with Crippen LogP contribution in [-0.2, 0) is 13.0 Å². The van der Waals surface area contributed by atoms with E-state index in [0.29, 0.717) is 12.4 Å². The van der Waals surface area contributed by atoms with E-state index in [-0.39, 0.29) is 0 Å². The molecule has 0 saturated carbocycles. The molecule has 1 aromatic carbocycles. The van der Waals surface area contributed by atoms with Gasteiger partial charge in [0.2, 0.25) is 0 Å². The Morgan fingerprint density at radius 2 is 1.82 bits per heavy atom. The summed E-state index contributed by atoms with van der Waals surface area (Å²) in [4.78, 5) is 8.72. The van der Waals surface area contributed by atoms with Crippen LogP contribution >= 0.6 is 0 Å². The summed E-state index contributed by atoms with van der Waals surface area (Å²) in [6, 6.07) is 10.5. The SMILES string of the molecule is CCc1ccc(-c2cc(C)nc(CN)n2)cc1. The summed E-state index contributed by atoms with van der Waals surface area (Å²) in [5, 5.41) is 0. The summed E-state index contributed by atoms with van der Waals surface area (Å²) in [5.74, 6) is 0.694. The number of nitrogens with two attached hydrogens (primary N) is 1. The Kier molecular flexibility index (Phi) is 3.49. The van der Waals surface area contributed by atoms with E-state index in [1.54, 1.807) is 0 Å². The molecule has 0 aliphatic heterocycles. The van der Waals surface area contributed by atoms with Crippen LogP contribution in [-0.4, -0.2) is 9.97 Å². The fraction of sp³-hybridized carbons (Fsp3) is 0.286. The summed E-state index contributed by atoms with van der Waals surface area (Å²) in [5.41, 5.74) is 9.93. The summed E-state index contributed by atoms with van der Waals surface area (Å²) in [7, 11) is 0. The number of hydrogen-bond donors (Lipinski definition) is 1. The smallest absolute Gasteiger partial charge is 0.142 e. The predicted octanol–water partition coefficient (Wildman–Crippen LogP) is 2.47. The van der Waals surface area contributed by atoms with Crippen LogP contribution in [0, 0.1) is 6.92 Å². The summed E-state index contributed by atoms with van der Waals surface area (Å²) >= 11 is 0. The van der Waals surface area contributed by atoms with E-state index >= 15 is 0 Å². The molecular weight excluding hydrogens is 210 g/mol. The van der Waals surface area contributed by atoms with E-state index in [2.05, 4.69) is 41.2 Å². The van der Waals surface area contributed by atoms with Gasteiger partial charge >= 0.3 is 0 Å². The molecule has 0 bridgehead atoms. The van der Waals surface area contributed by atoms with Crippen LogP contribution in [0.1, 0.15) is 24.0 Å². The first kappa shape index (κ1) is 11.7. The van der Waals surface area contributed by atoms with Crippen molar-refractivity contribution < 1.29 is 0 Å². The number of hydrogen-bond acceptors (Lipinski definition) is 3. The standard InChI is InChI=1S/C14H17N3/c1-3-11-4-6-12(7-5-11)13-8-10(2)16-14(9-15)17-13/h4-8H,3,9,15H2,1-2H3. The lowest BCUT2D eigenvalue weighted by Crippen LogP contribution is -2.05. The molecule has 0 fully saturated rings. The number of aryl methyl sites for hydroxylation is 2. The maximum Gasteiger partial charge on any atom is 0.142 e. The van der Waals surface area contributed by atoms with Gasteiger partial charge in [-0.15, -0.1) is 0 Å². The number of rotatable bonds is 3. The zero-order valence-corrected chi connectivity index (χ0v) is 10.3. The summed E-state index contributed by atoms with van der Waals surface area (Å²) in [6.45, 7) is 4.49. The highest BCUT2D eigenvalue weighted by Gasteiger charge is 2.03. The first-order valence-electron chi connectivity index (χ1n) is 5.87. The minimum atomic E-state index is 0.377. The predicted molar refractivity (Wildman–Crippen MR) is 69.5 cm³/mol. The Labute approximate surface area is 102 Å². The molecule has 0 unspecified atom stereocenters. The molecule has 1 aromatic heterocycles. The van der Waals surface area contributed by atoms with Crippen molar-refractivity contribution in [3.8, 4) is 11.3 Å². The van der Waals surface area contributed by atoms with Crippen LogP contribution in [0.4, 0.5) is 0 Å². The van der Waals surface area contributed by atoms with Gasteiger partial charge in [-0.1, -0.05) is 31.2 Å². The van der Waals surface area contributed by atoms with Gasteiger partial charge in [0.15, 0.2) is 0 Å². The molecule has 88 valence electrons. The molecule has 0 saturated heterocycles. The molecule has 0 atom stereocenters. The lowest BCUT2D eigenvalue weighted by molar-refractivity contribution is 0.894. The molecule has 3 heteroatoms. The van der Waals surface area contributed by atoms with Crippen LogP contribution in [0.15, 0.2) is 30.3 Å². The van der Waals surface area contributed by atoms with Gasteiger partial charge in [-0.05, 0) is 25.0 Å². The van der Waals surface area contributed by atoms with Crippen molar-refractivity contribution in [1.29, 1.82) is 0 Å². The van der Waals surface area contributed by atoms with E-state index < -0.39 is 0 Å². The molecular formula is C14H17N3. The second kappa shape index (κ2) is 5.06.